The zero-order valence-electron chi connectivity index (χ0n) is 18.2. The van der Waals surface area contributed by atoms with Crippen LogP contribution in [-0.2, 0) is 6.54 Å². The van der Waals surface area contributed by atoms with Crippen LogP contribution >= 0.6 is 0 Å². The van der Waals surface area contributed by atoms with Gasteiger partial charge in [0.25, 0.3) is 0 Å². The van der Waals surface area contributed by atoms with Crippen molar-refractivity contribution in [3.8, 4) is 11.8 Å². The number of nitriles is 1. The number of methoxy groups -OCH3 is 1. The maximum Gasteiger partial charge on any atom is 0.159 e. The van der Waals surface area contributed by atoms with Gasteiger partial charge in [0.2, 0.25) is 0 Å². The number of ether oxygens (including phenoxy) is 1. The van der Waals surface area contributed by atoms with Crippen molar-refractivity contribution in [1.29, 1.82) is 5.26 Å². The molecule has 0 amide bonds. The average molecular weight is 436 g/mol. The molecule has 1 aliphatic rings. The second kappa shape index (κ2) is 8.97. The summed E-state index contributed by atoms with van der Waals surface area (Å²) in [6.45, 7) is 2.95. The standard InChI is InChI=1S/C24H26FN5O2/c1-16-11-18(4-6-21(16)32-2)14-27-22-20-12-17(13-26)3-5-19(20)23(29-28-22)30-9-7-24(25,15-31)8-10-30/h3-6,11-12,31H,7-10,14-15H2,1-2H3,(H,27,28). The third-order valence-electron chi connectivity index (χ3n) is 6.05. The van der Waals surface area contributed by atoms with Crippen LogP contribution in [0.1, 0.15) is 29.5 Å². The third kappa shape index (κ3) is 4.30. The van der Waals surface area contributed by atoms with Gasteiger partial charge in [-0.25, -0.2) is 4.39 Å². The highest BCUT2D eigenvalue weighted by atomic mass is 19.1. The van der Waals surface area contributed by atoms with Gasteiger partial charge >= 0.3 is 0 Å². The lowest BCUT2D eigenvalue weighted by Crippen LogP contribution is -2.44. The average Bonchev–Trinajstić information content (AvgIpc) is 2.83. The first-order valence-electron chi connectivity index (χ1n) is 10.6. The molecular formula is C24H26FN5O2. The number of hydrogen-bond acceptors (Lipinski definition) is 7. The van der Waals surface area contributed by atoms with E-state index < -0.39 is 12.3 Å². The van der Waals surface area contributed by atoms with Gasteiger partial charge in [-0.2, -0.15) is 5.26 Å². The molecule has 0 aliphatic carbocycles. The molecule has 2 aromatic carbocycles. The Morgan fingerprint density at radius 1 is 1.19 bits per heavy atom. The van der Waals surface area contributed by atoms with E-state index >= 15 is 0 Å². The summed E-state index contributed by atoms with van der Waals surface area (Å²) < 4.78 is 19.8. The highest BCUT2D eigenvalue weighted by Gasteiger charge is 2.34. The van der Waals surface area contributed by atoms with E-state index in [9.17, 15) is 14.8 Å². The second-order valence-electron chi connectivity index (χ2n) is 8.20. The van der Waals surface area contributed by atoms with Crippen molar-refractivity contribution < 1.29 is 14.2 Å². The number of rotatable bonds is 6. The van der Waals surface area contributed by atoms with Crippen LogP contribution in [0.5, 0.6) is 5.75 Å². The fourth-order valence-electron chi connectivity index (χ4n) is 4.09. The van der Waals surface area contributed by atoms with Crippen molar-refractivity contribution in [2.24, 2.45) is 0 Å². The van der Waals surface area contributed by atoms with E-state index in [1.54, 1.807) is 19.2 Å². The van der Waals surface area contributed by atoms with Crippen LogP contribution in [0.25, 0.3) is 10.8 Å². The molecule has 0 radical (unpaired) electrons. The van der Waals surface area contributed by atoms with Crippen molar-refractivity contribution in [2.75, 3.05) is 37.0 Å². The molecule has 166 valence electrons. The molecule has 4 rings (SSSR count). The third-order valence-corrected chi connectivity index (χ3v) is 6.05. The Kier molecular flexibility index (Phi) is 6.10. The Labute approximate surface area is 186 Å². The van der Waals surface area contributed by atoms with Gasteiger partial charge in [-0.3, -0.25) is 0 Å². The predicted octanol–water partition coefficient (Wildman–Crippen LogP) is 3.73. The molecule has 0 saturated carbocycles. The second-order valence-corrected chi connectivity index (χ2v) is 8.20. The Morgan fingerprint density at radius 3 is 2.62 bits per heavy atom. The summed E-state index contributed by atoms with van der Waals surface area (Å²) >= 11 is 0. The van der Waals surface area contributed by atoms with E-state index in [4.69, 9.17) is 4.74 Å². The molecule has 1 aliphatic heterocycles. The highest BCUT2D eigenvalue weighted by Crippen LogP contribution is 2.34. The molecule has 7 nitrogen and oxygen atoms in total. The number of anilines is 2. The zero-order valence-corrected chi connectivity index (χ0v) is 18.2. The molecule has 0 spiro atoms. The van der Waals surface area contributed by atoms with Crippen LogP contribution in [0.4, 0.5) is 16.0 Å². The van der Waals surface area contributed by atoms with E-state index in [1.807, 2.05) is 30.0 Å². The minimum atomic E-state index is -1.54. The summed E-state index contributed by atoms with van der Waals surface area (Å²) in [5.74, 6) is 2.08. The molecule has 0 bridgehead atoms. The normalized spacial score (nSPS) is 15.4. The number of nitrogens with zero attached hydrogens (tertiary/aromatic N) is 4. The molecular weight excluding hydrogens is 409 g/mol. The quantitative estimate of drug-likeness (QED) is 0.609. The SMILES string of the molecule is COc1ccc(CNc2nnc(N3CCC(F)(CO)CC3)c3ccc(C#N)cc23)cc1C. The van der Waals surface area contributed by atoms with Gasteiger partial charge in [-0.15, -0.1) is 10.2 Å². The van der Waals surface area contributed by atoms with E-state index in [0.29, 0.717) is 36.8 Å². The van der Waals surface area contributed by atoms with Crippen LogP contribution in [-0.4, -0.2) is 47.8 Å². The van der Waals surface area contributed by atoms with Crippen LogP contribution in [0.15, 0.2) is 36.4 Å². The van der Waals surface area contributed by atoms with Gasteiger partial charge in [0.1, 0.15) is 11.4 Å². The summed E-state index contributed by atoms with van der Waals surface area (Å²) in [4.78, 5) is 1.99. The Balaban J connectivity index is 1.63. The number of benzene rings is 2. The number of nitrogens with one attached hydrogen (secondary N) is 1. The molecule has 1 fully saturated rings. The minimum absolute atomic E-state index is 0.236. The number of fused-ring (bicyclic) bond motifs is 1. The number of aromatic nitrogens is 2. The first kappa shape index (κ1) is 21.8. The van der Waals surface area contributed by atoms with Crippen LogP contribution in [0, 0.1) is 18.3 Å². The van der Waals surface area contributed by atoms with E-state index in [-0.39, 0.29) is 12.8 Å². The molecule has 3 aromatic rings. The topological polar surface area (TPSA) is 94.3 Å². The van der Waals surface area contributed by atoms with Gasteiger partial charge in [-0.05, 0) is 42.3 Å². The summed E-state index contributed by atoms with van der Waals surface area (Å²) in [6, 6.07) is 13.6. The Bertz CT molecular complexity index is 1170. The first-order valence-corrected chi connectivity index (χ1v) is 10.6. The van der Waals surface area contributed by atoms with Crippen molar-refractivity contribution >= 4 is 22.4 Å². The van der Waals surface area contributed by atoms with Crippen LogP contribution in [0.3, 0.4) is 0 Å². The zero-order chi connectivity index (χ0) is 22.7. The lowest BCUT2D eigenvalue weighted by atomic mass is 9.94. The number of alkyl halides is 1. The number of aliphatic hydroxyl groups excluding tert-OH is 1. The fraction of sp³-hybridized carbons (Fsp3) is 0.375. The lowest BCUT2D eigenvalue weighted by molar-refractivity contribution is 0.0480. The summed E-state index contributed by atoms with van der Waals surface area (Å²) in [6.07, 6.45) is 0.472. The molecule has 0 atom stereocenters. The lowest BCUT2D eigenvalue weighted by Gasteiger charge is -2.36. The monoisotopic (exact) mass is 435 g/mol. The first-order chi connectivity index (χ1) is 15.5. The molecule has 32 heavy (non-hydrogen) atoms. The minimum Gasteiger partial charge on any atom is -0.496 e. The molecule has 1 aromatic heterocycles. The molecule has 2 N–H and O–H groups in total. The van der Waals surface area contributed by atoms with Crippen molar-refractivity contribution in [3.05, 3.63) is 53.1 Å². The van der Waals surface area contributed by atoms with Gasteiger partial charge < -0.3 is 20.1 Å². The number of halogens is 1. The fourth-order valence-corrected chi connectivity index (χ4v) is 4.09. The van der Waals surface area contributed by atoms with Gasteiger partial charge in [0.05, 0.1) is 25.3 Å². The van der Waals surface area contributed by atoms with E-state index in [2.05, 4.69) is 27.6 Å². The van der Waals surface area contributed by atoms with E-state index in [1.165, 1.54) is 0 Å². The smallest absolute Gasteiger partial charge is 0.159 e. The van der Waals surface area contributed by atoms with Crippen LogP contribution < -0.4 is 15.0 Å². The van der Waals surface area contributed by atoms with Gasteiger partial charge in [0, 0.05) is 43.2 Å². The Morgan fingerprint density at radius 2 is 1.97 bits per heavy atom. The maximum absolute atomic E-state index is 14.4. The highest BCUT2D eigenvalue weighted by molar-refractivity contribution is 5.99. The number of piperidine rings is 1. The number of aliphatic hydroxyl groups is 1. The van der Waals surface area contributed by atoms with Crippen molar-refractivity contribution in [2.45, 2.75) is 32.0 Å². The predicted molar refractivity (Wildman–Crippen MR) is 122 cm³/mol. The Hall–Kier alpha value is -3.44. The summed E-state index contributed by atoms with van der Waals surface area (Å²) in [7, 11) is 1.65. The van der Waals surface area contributed by atoms with Gasteiger partial charge in [0.15, 0.2) is 11.6 Å². The summed E-state index contributed by atoms with van der Waals surface area (Å²) in [5.41, 5.74) is 1.10. The van der Waals surface area contributed by atoms with Crippen molar-refractivity contribution in [1.82, 2.24) is 10.2 Å². The number of hydrogen-bond donors (Lipinski definition) is 2. The molecule has 1 saturated heterocycles. The molecule has 8 heteroatoms. The maximum atomic E-state index is 14.4. The van der Waals surface area contributed by atoms with Crippen LogP contribution in [0.2, 0.25) is 0 Å². The summed E-state index contributed by atoms with van der Waals surface area (Å²) in [5, 5.41) is 32.5. The number of aryl methyl sites for hydroxylation is 1. The van der Waals surface area contributed by atoms with E-state index in [0.717, 1.165) is 27.6 Å². The molecule has 2 heterocycles. The largest absolute Gasteiger partial charge is 0.496 e. The molecule has 0 unspecified atom stereocenters. The van der Waals surface area contributed by atoms with Crippen molar-refractivity contribution in [3.63, 3.8) is 0 Å². The van der Waals surface area contributed by atoms with Gasteiger partial charge in [-0.1, -0.05) is 12.1 Å².